The largest absolute Gasteiger partial charge is 0.307 e. The molecular formula is C22H31N5O. The number of carbonyl (C=O) groups excluding carboxylic acids is 1. The molecule has 28 heavy (non-hydrogen) atoms. The fourth-order valence-corrected chi connectivity index (χ4v) is 4.68. The highest BCUT2D eigenvalue weighted by Crippen LogP contribution is 2.23. The summed E-state index contributed by atoms with van der Waals surface area (Å²) in [6.45, 7) is 9.80. The molecular weight excluding hydrogens is 350 g/mol. The first-order valence-corrected chi connectivity index (χ1v) is 10.4. The molecule has 1 aromatic heterocycles. The minimum atomic E-state index is -0.0798. The van der Waals surface area contributed by atoms with Crippen LogP contribution >= 0.6 is 0 Å². The van der Waals surface area contributed by atoms with Gasteiger partial charge >= 0.3 is 0 Å². The van der Waals surface area contributed by atoms with E-state index in [1.807, 2.05) is 26.1 Å². The minimum absolute atomic E-state index is 0.0798. The van der Waals surface area contributed by atoms with Gasteiger partial charge in [0.25, 0.3) is 5.91 Å². The number of hydrogen-bond donors (Lipinski definition) is 1. The van der Waals surface area contributed by atoms with E-state index in [2.05, 4.69) is 39.3 Å². The molecule has 0 spiro atoms. The number of aromatic nitrogens is 2. The van der Waals surface area contributed by atoms with Gasteiger partial charge in [0.1, 0.15) is 5.82 Å². The van der Waals surface area contributed by atoms with Crippen LogP contribution in [0.3, 0.4) is 0 Å². The Morgan fingerprint density at radius 2 is 2.00 bits per heavy atom. The number of piperazine rings is 1. The molecule has 1 N–H and O–H groups in total. The summed E-state index contributed by atoms with van der Waals surface area (Å²) in [5, 5.41) is 7.46. The average Bonchev–Trinajstić information content (AvgIpc) is 3.25. The number of nitrogens with one attached hydrogen (secondary N) is 1. The van der Waals surface area contributed by atoms with Crippen molar-refractivity contribution in [3.63, 3.8) is 0 Å². The second-order valence-electron chi connectivity index (χ2n) is 8.11. The molecule has 150 valence electrons. The lowest BCUT2D eigenvalue weighted by molar-refractivity contribution is 0.0993. The third kappa shape index (κ3) is 3.84. The van der Waals surface area contributed by atoms with E-state index in [-0.39, 0.29) is 5.91 Å². The summed E-state index contributed by atoms with van der Waals surface area (Å²) in [6, 6.07) is 8.79. The zero-order valence-corrected chi connectivity index (χ0v) is 17.2. The second-order valence-corrected chi connectivity index (χ2v) is 8.11. The number of aryl methyl sites for hydroxylation is 2. The fraction of sp³-hybridized carbons (Fsp3) is 0.545. The van der Waals surface area contributed by atoms with Crippen molar-refractivity contribution in [1.29, 1.82) is 0 Å². The predicted molar refractivity (Wildman–Crippen MR) is 112 cm³/mol. The summed E-state index contributed by atoms with van der Waals surface area (Å²) in [6.07, 6.45) is 3.53. The Labute approximate surface area is 167 Å². The Morgan fingerprint density at radius 3 is 2.75 bits per heavy atom. The molecule has 0 radical (unpaired) electrons. The lowest BCUT2D eigenvalue weighted by Crippen LogP contribution is -2.49. The van der Waals surface area contributed by atoms with Gasteiger partial charge in [-0.3, -0.25) is 19.3 Å². The normalized spacial score (nSPS) is 20.3. The smallest absolute Gasteiger partial charge is 0.256 e. The van der Waals surface area contributed by atoms with Crippen molar-refractivity contribution in [1.82, 2.24) is 19.6 Å². The van der Waals surface area contributed by atoms with Crippen LogP contribution in [-0.4, -0.2) is 57.7 Å². The highest BCUT2D eigenvalue weighted by molar-refractivity contribution is 6.04. The second kappa shape index (κ2) is 8.05. The number of hydrogen-bond acceptors (Lipinski definition) is 4. The molecule has 2 fully saturated rings. The van der Waals surface area contributed by atoms with Crippen molar-refractivity contribution in [3.05, 3.63) is 46.6 Å². The van der Waals surface area contributed by atoms with Gasteiger partial charge < -0.3 is 5.32 Å². The van der Waals surface area contributed by atoms with Gasteiger partial charge in [-0.2, -0.15) is 5.10 Å². The van der Waals surface area contributed by atoms with E-state index >= 15 is 0 Å². The molecule has 1 aromatic carbocycles. The van der Waals surface area contributed by atoms with Crippen molar-refractivity contribution < 1.29 is 4.79 Å². The summed E-state index contributed by atoms with van der Waals surface area (Å²) in [5.41, 5.74) is 4.02. The van der Waals surface area contributed by atoms with Crippen molar-refractivity contribution >= 4 is 11.7 Å². The molecule has 1 atom stereocenters. The zero-order chi connectivity index (χ0) is 19.7. The fourth-order valence-electron chi connectivity index (χ4n) is 4.68. The van der Waals surface area contributed by atoms with Crippen molar-refractivity contribution in [2.75, 3.05) is 31.5 Å². The minimum Gasteiger partial charge on any atom is -0.307 e. The van der Waals surface area contributed by atoms with Crippen LogP contribution in [-0.2, 0) is 20.0 Å². The highest BCUT2D eigenvalue weighted by atomic mass is 16.1. The van der Waals surface area contributed by atoms with Gasteiger partial charge in [0.15, 0.2) is 0 Å². The quantitative estimate of drug-likeness (QED) is 0.865. The van der Waals surface area contributed by atoms with E-state index in [4.69, 9.17) is 0 Å². The van der Waals surface area contributed by atoms with E-state index in [0.717, 1.165) is 42.6 Å². The van der Waals surface area contributed by atoms with Gasteiger partial charge in [-0.1, -0.05) is 19.1 Å². The number of benzene rings is 1. The lowest BCUT2D eigenvalue weighted by Gasteiger charge is -2.37. The first-order chi connectivity index (χ1) is 13.5. The van der Waals surface area contributed by atoms with Crippen molar-refractivity contribution in [3.8, 4) is 0 Å². The lowest BCUT2D eigenvalue weighted by atomic mass is 10.1. The molecule has 2 aliphatic heterocycles. The topological polar surface area (TPSA) is 53.4 Å². The van der Waals surface area contributed by atoms with Gasteiger partial charge in [-0.15, -0.1) is 0 Å². The Balaban J connectivity index is 1.38. The Bertz CT molecular complexity index is 841. The number of amides is 1. The highest BCUT2D eigenvalue weighted by Gasteiger charge is 2.30. The number of anilines is 1. The Kier molecular flexibility index (Phi) is 5.51. The predicted octanol–water partition coefficient (Wildman–Crippen LogP) is 2.82. The molecule has 2 saturated heterocycles. The van der Waals surface area contributed by atoms with Crippen LogP contribution in [0.4, 0.5) is 5.82 Å². The molecule has 0 saturated carbocycles. The number of carbonyl (C=O) groups is 1. The van der Waals surface area contributed by atoms with Crippen LogP contribution in [0.25, 0.3) is 0 Å². The van der Waals surface area contributed by atoms with E-state index in [1.165, 1.54) is 38.0 Å². The molecule has 2 aromatic rings. The zero-order valence-electron chi connectivity index (χ0n) is 17.2. The van der Waals surface area contributed by atoms with Gasteiger partial charge in [0, 0.05) is 50.4 Å². The number of nitrogens with zero attached hydrogens (tertiary/aromatic N) is 4. The first-order valence-electron chi connectivity index (χ1n) is 10.4. The molecule has 0 unspecified atom stereocenters. The van der Waals surface area contributed by atoms with Crippen molar-refractivity contribution in [2.45, 2.75) is 45.7 Å². The van der Waals surface area contributed by atoms with Gasteiger partial charge in [0.05, 0.1) is 5.69 Å². The molecule has 0 bridgehead atoms. The summed E-state index contributed by atoms with van der Waals surface area (Å²) in [4.78, 5) is 17.9. The monoisotopic (exact) mass is 381 g/mol. The molecule has 1 amide bonds. The summed E-state index contributed by atoms with van der Waals surface area (Å²) in [7, 11) is 1.87. The Hall–Kier alpha value is -2.18. The van der Waals surface area contributed by atoms with Crippen LogP contribution in [0.2, 0.25) is 0 Å². The SMILES string of the molecule is CCc1c(C)nn(C)c1NC(=O)c1ccc(CN2CCN3CCC[C@H]3C2)cc1. The van der Waals surface area contributed by atoms with Crippen LogP contribution in [0.15, 0.2) is 24.3 Å². The summed E-state index contributed by atoms with van der Waals surface area (Å²) >= 11 is 0. The maximum Gasteiger partial charge on any atom is 0.256 e. The summed E-state index contributed by atoms with van der Waals surface area (Å²) in [5.74, 6) is 0.715. The van der Waals surface area contributed by atoms with Gasteiger partial charge in [-0.05, 0) is 50.4 Å². The maximum absolute atomic E-state index is 12.7. The molecule has 2 aliphatic rings. The van der Waals surface area contributed by atoms with Crippen LogP contribution < -0.4 is 5.32 Å². The molecule has 0 aliphatic carbocycles. The maximum atomic E-state index is 12.7. The third-order valence-corrected chi connectivity index (χ3v) is 6.23. The summed E-state index contributed by atoms with van der Waals surface area (Å²) < 4.78 is 1.75. The van der Waals surface area contributed by atoms with Crippen molar-refractivity contribution in [2.24, 2.45) is 7.05 Å². The van der Waals surface area contributed by atoms with Gasteiger partial charge in [0.2, 0.25) is 0 Å². The Morgan fingerprint density at radius 1 is 1.21 bits per heavy atom. The van der Waals surface area contributed by atoms with E-state index in [1.54, 1.807) is 4.68 Å². The van der Waals surface area contributed by atoms with Gasteiger partial charge in [-0.25, -0.2) is 0 Å². The van der Waals surface area contributed by atoms with Crippen LogP contribution in [0, 0.1) is 6.92 Å². The molecule has 3 heterocycles. The van der Waals surface area contributed by atoms with Crippen LogP contribution in [0.1, 0.15) is 46.9 Å². The first kappa shape index (κ1) is 19.2. The molecule has 6 heteroatoms. The average molecular weight is 382 g/mol. The van der Waals surface area contributed by atoms with E-state index in [0.29, 0.717) is 5.56 Å². The standard InChI is InChI=1S/C22H31N5O/c1-4-20-16(2)24-25(3)21(20)23-22(28)18-9-7-17(8-10-18)14-26-12-13-27-11-5-6-19(27)15-26/h7-10,19H,4-6,11-15H2,1-3H3,(H,23,28)/t19-/m0/s1. The molecule has 4 rings (SSSR count). The van der Waals surface area contributed by atoms with E-state index < -0.39 is 0 Å². The number of rotatable bonds is 5. The number of fused-ring (bicyclic) bond motifs is 1. The third-order valence-electron chi connectivity index (χ3n) is 6.23. The van der Waals surface area contributed by atoms with E-state index in [9.17, 15) is 4.79 Å². The molecule has 6 nitrogen and oxygen atoms in total. The van der Waals surface area contributed by atoms with Crippen LogP contribution in [0.5, 0.6) is 0 Å².